The van der Waals surface area contributed by atoms with E-state index in [9.17, 15) is 0 Å². The van der Waals surface area contributed by atoms with Crippen molar-refractivity contribution in [3.8, 4) is 0 Å². The van der Waals surface area contributed by atoms with Crippen LogP contribution in [0.2, 0.25) is 0 Å². The van der Waals surface area contributed by atoms with E-state index in [4.69, 9.17) is 0 Å². The summed E-state index contributed by atoms with van der Waals surface area (Å²) >= 11 is 0. The highest BCUT2D eigenvalue weighted by molar-refractivity contribution is 5.54. The zero-order chi connectivity index (χ0) is 13.0. The monoisotopic (exact) mass is 246 g/mol. The van der Waals surface area contributed by atoms with E-state index < -0.39 is 0 Å². The Morgan fingerprint density at radius 3 is 2.89 bits per heavy atom. The highest BCUT2D eigenvalue weighted by Crippen LogP contribution is 2.31. The average molecular weight is 246 g/mol. The van der Waals surface area contributed by atoms with E-state index in [0.717, 1.165) is 12.5 Å². The van der Waals surface area contributed by atoms with Crippen LogP contribution in [0.5, 0.6) is 0 Å². The third kappa shape index (κ3) is 3.49. The van der Waals surface area contributed by atoms with Gasteiger partial charge in [0.2, 0.25) is 0 Å². The van der Waals surface area contributed by atoms with E-state index in [1.54, 1.807) is 0 Å². The van der Waals surface area contributed by atoms with Gasteiger partial charge in [0.1, 0.15) is 0 Å². The number of hydrogen-bond acceptors (Lipinski definition) is 2. The van der Waals surface area contributed by atoms with Crippen LogP contribution in [0.3, 0.4) is 0 Å². The normalized spacial score (nSPS) is 18.8. The smallest absolute Gasteiger partial charge is 0.0376 e. The molecule has 0 spiro atoms. The maximum Gasteiger partial charge on any atom is 0.0376 e. The van der Waals surface area contributed by atoms with Gasteiger partial charge in [0.25, 0.3) is 0 Å². The molecule has 2 rings (SSSR count). The van der Waals surface area contributed by atoms with Crippen molar-refractivity contribution < 1.29 is 0 Å². The van der Waals surface area contributed by atoms with Crippen molar-refractivity contribution >= 4 is 5.69 Å². The summed E-state index contributed by atoms with van der Waals surface area (Å²) in [7, 11) is 2.26. The van der Waals surface area contributed by atoms with Gasteiger partial charge in [-0.2, -0.15) is 0 Å². The fraction of sp³-hybridized carbons (Fsp3) is 0.625. The first kappa shape index (κ1) is 13.4. The molecule has 0 saturated carbocycles. The molecule has 1 N–H and O–H groups in total. The maximum atomic E-state index is 3.50. The molecule has 1 heterocycles. The lowest BCUT2D eigenvalue weighted by Gasteiger charge is -2.30. The molecule has 18 heavy (non-hydrogen) atoms. The Morgan fingerprint density at radius 1 is 1.33 bits per heavy atom. The minimum absolute atomic E-state index is 0.694. The van der Waals surface area contributed by atoms with Crippen molar-refractivity contribution in [2.24, 2.45) is 5.92 Å². The number of nitrogens with zero attached hydrogens (tertiary/aromatic N) is 1. The van der Waals surface area contributed by atoms with Crippen molar-refractivity contribution in [2.75, 3.05) is 32.0 Å². The predicted octanol–water partition coefficient (Wildman–Crippen LogP) is 3.56. The van der Waals surface area contributed by atoms with Crippen molar-refractivity contribution in [3.63, 3.8) is 0 Å². The van der Waals surface area contributed by atoms with Crippen molar-refractivity contribution in [1.29, 1.82) is 0 Å². The van der Waals surface area contributed by atoms with Gasteiger partial charge in [-0.05, 0) is 44.0 Å². The minimum atomic E-state index is 0.694. The molecule has 1 atom stereocenters. The molecular weight excluding hydrogens is 220 g/mol. The highest BCUT2D eigenvalue weighted by Gasteiger charge is 2.20. The van der Waals surface area contributed by atoms with Gasteiger partial charge in [-0.3, -0.25) is 0 Å². The molecule has 1 aromatic rings. The number of fused-ring (bicyclic) bond motifs is 1. The van der Waals surface area contributed by atoms with Gasteiger partial charge in [-0.1, -0.05) is 32.0 Å². The molecule has 0 bridgehead atoms. The van der Waals surface area contributed by atoms with Gasteiger partial charge in [-0.15, -0.1) is 0 Å². The van der Waals surface area contributed by atoms with Crippen molar-refractivity contribution in [1.82, 2.24) is 4.90 Å². The first-order valence-corrected chi connectivity index (χ1v) is 7.18. The molecule has 0 aliphatic carbocycles. The highest BCUT2D eigenvalue weighted by atomic mass is 15.1. The summed E-state index contributed by atoms with van der Waals surface area (Å²) in [4.78, 5) is 2.49. The lowest BCUT2D eigenvalue weighted by Crippen LogP contribution is -2.29. The predicted molar refractivity (Wildman–Crippen MR) is 79.2 cm³/mol. The van der Waals surface area contributed by atoms with Crippen LogP contribution in [0.4, 0.5) is 5.69 Å². The van der Waals surface area contributed by atoms with Crippen LogP contribution < -0.4 is 5.32 Å². The first-order valence-electron chi connectivity index (χ1n) is 7.18. The van der Waals surface area contributed by atoms with Gasteiger partial charge >= 0.3 is 0 Å². The molecule has 0 amide bonds. The number of hydrogen-bond donors (Lipinski definition) is 1. The lowest BCUT2D eigenvalue weighted by atomic mass is 9.90. The molecule has 0 saturated heterocycles. The second-order valence-electron chi connectivity index (χ2n) is 5.94. The molecule has 0 fully saturated rings. The molecule has 1 aliphatic rings. The van der Waals surface area contributed by atoms with Crippen molar-refractivity contribution in [2.45, 2.75) is 32.6 Å². The van der Waals surface area contributed by atoms with Crippen LogP contribution in [-0.2, 0) is 0 Å². The third-order valence-electron chi connectivity index (χ3n) is 3.83. The summed E-state index contributed by atoms with van der Waals surface area (Å²) in [5.74, 6) is 1.49. The molecule has 0 radical (unpaired) electrons. The van der Waals surface area contributed by atoms with Crippen LogP contribution in [0, 0.1) is 5.92 Å². The molecule has 1 aromatic carbocycles. The maximum absolute atomic E-state index is 3.50. The molecule has 2 heteroatoms. The topological polar surface area (TPSA) is 15.3 Å². The van der Waals surface area contributed by atoms with Gasteiger partial charge < -0.3 is 10.2 Å². The van der Waals surface area contributed by atoms with Crippen LogP contribution in [-0.4, -0.2) is 31.6 Å². The third-order valence-corrected chi connectivity index (χ3v) is 3.83. The fourth-order valence-electron chi connectivity index (χ4n) is 2.69. The quantitative estimate of drug-likeness (QED) is 0.854. The van der Waals surface area contributed by atoms with Gasteiger partial charge in [0, 0.05) is 24.7 Å². The second-order valence-corrected chi connectivity index (χ2v) is 5.94. The summed E-state index contributed by atoms with van der Waals surface area (Å²) < 4.78 is 0. The summed E-state index contributed by atoms with van der Waals surface area (Å²) in [6.07, 6.45) is 2.55. The van der Waals surface area contributed by atoms with E-state index in [1.165, 1.54) is 37.2 Å². The van der Waals surface area contributed by atoms with E-state index >= 15 is 0 Å². The zero-order valence-electron chi connectivity index (χ0n) is 11.9. The number of anilines is 1. The van der Waals surface area contributed by atoms with Gasteiger partial charge in [-0.25, -0.2) is 0 Å². The first-order chi connectivity index (χ1) is 8.66. The molecule has 1 unspecified atom stereocenters. The Bertz CT molecular complexity index is 373. The summed E-state index contributed by atoms with van der Waals surface area (Å²) in [6.45, 7) is 8.11. The SMILES string of the molecule is CC(C)CCN(C)CC1CCNc2ccccc21. The molecule has 2 nitrogen and oxygen atoms in total. The number of nitrogens with one attached hydrogen (secondary N) is 1. The molecular formula is C16H26N2. The van der Waals surface area contributed by atoms with E-state index in [-0.39, 0.29) is 0 Å². The fourth-order valence-corrected chi connectivity index (χ4v) is 2.69. The zero-order valence-corrected chi connectivity index (χ0v) is 11.9. The van der Waals surface area contributed by atoms with Crippen LogP contribution >= 0.6 is 0 Å². The van der Waals surface area contributed by atoms with E-state index in [1.807, 2.05) is 0 Å². The number of benzene rings is 1. The molecule has 100 valence electrons. The van der Waals surface area contributed by atoms with E-state index in [2.05, 4.69) is 55.4 Å². The Hall–Kier alpha value is -1.02. The van der Waals surface area contributed by atoms with Crippen LogP contribution in [0.25, 0.3) is 0 Å². The number of likely N-dealkylation sites (N-methyl/N-ethyl adjacent to an activating group) is 1. The Kier molecular flexibility index (Phi) is 4.65. The Balaban J connectivity index is 1.94. The van der Waals surface area contributed by atoms with Crippen molar-refractivity contribution in [3.05, 3.63) is 29.8 Å². The second kappa shape index (κ2) is 6.24. The van der Waals surface area contributed by atoms with Gasteiger partial charge in [0.15, 0.2) is 0 Å². The Morgan fingerprint density at radius 2 is 2.11 bits per heavy atom. The summed E-state index contributed by atoms with van der Waals surface area (Å²) in [5.41, 5.74) is 2.84. The minimum Gasteiger partial charge on any atom is -0.385 e. The largest absolute Gasteiger partial charge is 0.385 e. The van der Waals surface area contributed by atoms with Crippen LogP contribution in [0.1, 0.15) is 38.2 Å². The summed E-state index contributed by atoms with van der Waals surface area (Å²) in [5, 5.41) is 3.50. The number of rotatable bonds is 5. The Labute approximate surface area is 111 Å². The number of para-hydroxylation sites is 1. The molecule has 1 aliphatic heterocycles. The van der Waals surface area contributed by atoms with E-state index in [0.29, 0.717) is 5.92 Å². The van der Waals surface area contributed by atoms with Crippen LogP contribution in [0.15, 0.2) is 24.3 Å². The standard InChI is InChI=1S/C16H26N2/c1-13(2)9-11-18(3)12-14-8-10-17-16-7-5-4-6-15(14)16/h4-7,13-14,17H,8-12H2,1-3H3. The molecule has 0 aromatic heterocycles. The van der Waals surface area contributed by atoms with Gasteiger partial charge in [0.05, 0.1) is 0 Å². The average Bonchev–Trinajstić information content (AvgIpc) is 2.37. The lowest BCUT2D eigenvalue weighted by molar-refractivity contribution is 0.286. The summed E-state index contributed by atoms with van der Waals surface area (Å²) in [6, 6.07) is 8.77.